The van der Waals surface area contributed by atoms with Gasteiger partial charge in [-0.3, -0.25) is 19.8 Å². The second-order valence-electron chi connectivity index (χ2n) is 8.54. The second-order valence-corrected chi connectivity index (χ2v) is 9.49. The lowest BCUT2D eigenvalue weighted by Crippen LogP contribution is -2.39. The number of aromatic nitrogens is 3. The highest BCUT2D eigenvalue weighted by atomic mass is 32.2. The summed E-state index contributed by atoms with van der Waals surface area (Å²) < 4.78 is 1.66. The number of hydrogen-bond donors (Lipinski definition) is 2. The molecule has 1 saturated heterocycles. The zero-order chi connectivity index (χ0) is 25.5. The molecule has 3 aromatic rings. The number of hydrazine groups is 1. The molecule has 10 heteroatoms. The molecular weight excluding hydrogens is 474 g/mol. The summed E-state index contributed by atoms with van der Waals surface area (Å²) in [4.78, 5) is 35.4. The average molecular weight is 506 g/mol. The molecule has 36 heavy (non-hydrogen) atoms. The number of benzene rings is 2. The van der Waals surface area contributed by atoms with Gasteiger partial charge in [-0.2, -0.15) is 10.1 Å². The number of thioether (sulfide) groups is 1. The largest absolute Gasteiger partial charge is 0.357 e. The first-order chi connectivity index (χ1) is 17.5. The highest BCUT2D eigenvalue weighted by Gasteiger charge is 2.31. The number of para-hydroxylation sites is 1. The first-order valence-corrected chi connectivity index (χ1v) is 13.1. The van der Waals surface area contributed by atoms with E-state index in [9.17, 15) is 9.59 Å². The maximum absolute atomic E-state index is 12.7. The van der Waals surface area contributed by atoms with Crippen LogP contribution in [0.25, 0.3) is 11.4 Å². The number of rotatable bonds is 9. The third kappa shape index (κ3) is 6.00. The Balaban J connectivity index is 1.43. The first-order valence-electron chi connectivity index (χ1n) is 12.1. The van der Waals surface area contributed by atoms with Gasteiger partial charge in [-0.15, -0.1) is 0 Å². The number of aliphatic imine (C=N–C) groups is 1. The van der Waals surface area contributed by atoms with Crippen molar-refractivity contribution in [3.63, 3.8) is 0 Å². The van der Waals surface area contributed by atoms with Crippen LogP contribution in [-0.2, 0) is 18.3 Å². The van der Waals surface area contributed by atoms with E-state index in [0.717, 1.165) is 48.1 Å². The van der Waals surface area contributed by atoms with Gasteiger partial charge < -0.3 is 0 Å². The van der Waals surface area contributed by atoms with Crippen molar-refractivity contribution in [3.05, 3.63) is 66.0 Å². The molecule has 3 amide bonds. The summed E-state index contributed by atoms with van der Waals surface area (Å²) in [5.41, 5.74) is 9.58. The van der Waals surface area contributed by atoms with E-state index in [1.165, 1.54) is 11.8 Å². The molecule has 4 rings (SSSR count). The molecule has 0 aliphatic carbocycles. The predicted molar refractivity (Wildman–Crippen MR) is 144 cm³/mol. The Labute approximate surface area is 215 Å². The molecule has 1 fully saturated rings. The maximum Gasteiger partial charge on any atom is 0.357 e. The standard InChI is InChI=1S/C26H31N7O2S/c1-4-6-9-19-10-7-8-11-22(19)33-23(34)16-36-26(33)28-25(35)30-29-21(5-2)18-12-14-20(15-13-18)24-27-17-32(3)31-24/h7-8,10-15,17,21,29H,4-6,9,16H2,1-3H3,(H,30,35)/b28-26-. The number of anilines is 1. The molecule has 188 valence electrons. The number of carbonyl (C=O) groups is 2. The third-order valence-corrected chi connectivity index (χ3v) is 6.85. The average Bonchev–Trinajstić information content (AvgIpc) is 3.48. The van der Waals surface area contributed by atoms with E-state index in [2.05, 4.69) is 32.9 Å². The smallest absolute Gasteiger partial charge is 0.273 e. The zero-order valence-corrected chi connectivity index (χ0v) is 21.6. The Morgan fingerprint density at radius 2 is 1.94 bits per heavy atom. The highest BCUT2D eigenvalue weighted by molar-refractivity contribution is 8.15. The van der Waals surface area contributed by atoms with Gasteiger partial charge in [0.1, 0.15) is 6.33 Å². The van der Waals surface area contributed by atoms with Gasteiger partial charge in [0.2, 0.25) is 5.91 Å². The van der Waals surface area contributed by atoms with Gasteiger partial charge in [0.25, 0.3) is 0 Å². The van der Waals surface area contributed by atoms with Crippen LogP contribution in [0.5, 0.6) is 0 Å². The maximum atomic E-state index is 12.7. The quantitative estimate of drug-likeness (QED) is 0.411. The van der Waals surface area contributed by atoms with E-state index in [1.807, 2.05) is 62.5 Å². The fourth-order valence-corrected chi connectivity index (χ4v) is 4.87. The molecule has 0 radical (unpaired) electrons. The van der Waals surface area contributed by atoms with Gasteiger partial charge in [0.05, 0.1) is 17.5 Å². The Morgan fingerprint density at radius 1 is 1.17 bits per heavy atom. The summed E-state index contributed by atoms with van der Waals surface area (Å²) in [5.74, 6) is 0.854. The van der Waals surface area contributed by atoms with Crippen molar-refractivity contribution in [2.75, 3.05) is 10.7 Å². The van der Waals surface area contributed by atoms with Crippen LogP contribution in [0.1, 0.15) is 50.3 Å². The normalized spacial score (nSPS) is 15.5. The fraction of sp³-hybridized carbons (Fsp3) is 0.346. The lowest BCUT2D eigenvalue weighted by atomic mass is 10.0. The van der Waals surface area contributed by atoms with Gasteiger partial charge in [-0.1, -0.05) is 74.5 Å². The molecule has 1 unspecified atom stereocenters. The molecule has 1 atom stereocenters. The van der Waals surface area contributed by atoms with Crippen molar-refractivity contribution in [2.45, 2.75) is 45.6 Å². The van der Waals surface area contributed by atoms with Crippen molar-refractivity contribution in [1.82, 2.24) is 25.6 Å². The van der Waals surface area contributed by atoms with Crippen molar-refractivity contribution < 1.29 is 9.59 Å². The van der Waals surface area contributed by atoms with Crippen molar-refractivity contribution in [1.29, 1.82) is 0 Å². The van der Waals surface area contributed by atoms with Crippen molar-refractivity contribution in [2.24, 2.45) is 12.0 Å². The number of amides is 3. The van der Waals surface area contributed by atoms with E-state index in [1.54, 1.807) is 15.9 Å². The monoisotopic (exact) mass is 505 g/mol. The molecule has 2 aromatic carbocycles. The zero-order valence-electron chi connectivity index (χ0n) is 20.8. The fourth-order valence-electron chi connectivity index (χ4n) is 4.01. The number of carbonyl (C=O) groups excluding carboxylic acids is 2. The summed E-state index contributed by atoms with van der Waals surface area (Å²) in [6.45, 7) is 4.17. The van der Waals surface area contributed by atoms with Crippen LogP contribution in [0.3, 0.4) is 0 Å². The van der Waals surface area contributed by atoms with Gasteiger partial charge >= 0.3 is 6.03 Å². The van der Waals surface area contributed by atoms with Crippen molar-refractivity contribution >= 4 is 34.6 Å². The molecule has 0 spiro atoms. The van der Waals surface area contributed by atoms with E-state index < -0.39 is 6.03 Å². The number of urea groups is 1. The van der Waals surface area contributed by atoms with Crippen LogP contribution in [0.4, 0.5) is 10.5 Å². The molecule has 1 aliphatic rings. The number of nitrogens with one attached hydrogen (secondary N) is 2. The van der Waals surface area contributed by atoms with E-state index in [4.69, 9.17) is 0 Å². The SMILES string of the molecule is CCCCc1ccccc1N1C(=O)CS/C1=N\C(=O)NNC(CC)c1ccc(-c2ncn(C)n2)cc1. The molecule has 0 saturated carbocycles. The summed E-state index contributed by atoms with van der Waals surface area (Å²) in [6, 6.07) is 15.1. The minimum Gasteiger partial charge on any atom is -0.273 e. The van der Waals surface area contributed by atoms with E-state index in [0.29, 0.717) is 11.0 Å². The van der Waals surface area contributed by atoms with Crippen LogP contribution in [0.2, 0.25) is 0 Å². The molecular formula is C26H31N7O2S. The summed E-state index contributed by atoms with van der Waals surface area (Å²) in [7, 11) is 1.83. The highest BCUT2D eigenvalue weighted by Crippen LogP contribution is 2.30. The molecule has 2 N–H and O–H groups in total. The minimum atomic E-state index is -0.545. The summed E-state index contributed by atoms with van der Waals surface area (Å²) in [5, 5.41) is 4.72. The first kappa shape index (κ1) is 25.6. The number of hydrogen-bond acceptors (Lipinski definition) is 6. The Kier molecular flexibility index (Phi) is 8.50. The Hall–Kier alpha value is -3.50. The van der Waals surface area contributed by atoms with Crippen LogP contribution < -0.4 is 15.8 Å². The number of amidine groups is 1. The molecule has 1 aromatic heterocycles. The molecule has 0 bridgehead atoms. The molecule has 1 aliphatic heterocycles. The van der Waals surface area contributed by atoms with Gasteiger partial charge in [0, 0.05) is 12.6 Å². The topological polar surface area (TPSA) is 105 Å². The molecule has 9 nitrogen and oxygen atoms in total. The minimum absolute atomic E-state index is 0.0719. The van der Waals surface area contributed by atoms with Crippen LogP contribution >= 0.6 is 11.8 Å². The number of aryl methyl sites for hydroxylation is 2. The van der Waals surface area contributed by atoms with Gasteiger partial charge in [-0.05, 0) is 36.5 Å². The number of unbranched alkanes of at least 4 members (excludes halogenated alkanes) is 1. The second kappa shape index (κ2) is 12.0. The Bertz CT molecular complexity index is 1240. The van der Waals surface area contributed by atoms with E-state index >= 15 is 0 Å². The van der Waals surface area contributed by atoms with Gasteiger partial charge in [0.15, 0.2) is 11.0 Å². The van der Waals surface area contributed by atoms with Gasteiger partial charge in [-0.25, -0.2) is 15.2 Å². The lowest BCUT2D eigenvalue weighted by Gasteiger charge is -2.20. The number of nitrogens with zero attached hydrogens (tertiary/aromatic N) is 5. The predicted octanol–water partition coefficient (Wildman–Crippen LogP) is 4.63. The Morgan fingerprint density at radius 3 is 2.64 bits per heavy atom. The van der Waals surface area contributed by atoms with E-state index in [-0.39, 0.29) is 17.7 Å². The summed E-state index contributed by atoms with van der Waals surface area (Å²) in [6.07, 6.45) is 5.38. The lowest BCUT2D eigenvalue weighted by molar-refractivity contribution is -0.115. The van der Waals surface area contributed by atoms with Crippen LogP contribution in [0, 0.1) is 0 Å². The van der Waals surface area contributed by atoms with Crippen LogP contribution in [0.15, 0.2) is 59.9 Å². The summed E-state index contributed by atoms with van der Waals surface area (Å²) >= 11 is 1.28. The molecule has 2 heterocycles. The third-order valence-electron chi connectivity index (χ3n) is 5.93. The van der Waals surface area contributed by atoms with Crippen LogP contribution in [-0.4, -0.2) is 37.6 Å². The van der Waals surface area contributed by atoms with Crippen molar-refractivity contribution in [3.8, 4) is 11.4 Å².